The summed E-state index contributed by atoms with van der Waals surface area (Å²) in [5.74, 6) is -1.51. The first-order chi connectivity index (χ1) is 19.3. The first-order valence-corrected chi connectivity index (χ1v) is 14.5. The number of aliphatic hydroxyl groups is 5. The molecule has 41 heavy (non-hydrogen) atoms. The van der Waals surface area contributed by atoms with Crippen LogP contribution in [0.15, 0.2) is 0 Å². The van der Waals surface area contributed by atoms with Crippen molar-refractivity contribution in [2.24, 2.45) is 28.9 Å². The standard InChI is InChI=1S/C26H51N5O10/c1-13-18(33)23(38-12-25(13,2)36)41-21-17(31-24(35)26(37,10-27)11-28)9-16(30)20(19(21)34)40-22-15(29)7-6-14(39-22)5-3-4-8-32/h13-23,32-34,36-37H,3-12,27-30H2,1-2H3,(H,31,35)/t13-,14-,15?,16+,17-,18?,19?,20?,21?,22-,23-,25?/m1/s1. The van der Waals surface area contributed by atoms with Crippen LogP contribution in [0.25, 0.3) is 0 Å². The topological polar surface area (TPSA) is 271 Å². The highest BCUT2D eigenvalue weighted by Gasteiger charge is 2.51. The number of amides is 1. The molecule has 2 heterocycles. The third kappa shape index (κ3) is 8.12. The number of hydrogen-bond donors (Lipinski definition) is 10. The van der Waals surface area contributed by atoms with Crippen LogP contribution in [-0.4, -0.2) is 130 Å². The molecule has 0 aromatic carbocycles. The van der Waals surface area contributed by atoms with Crippen molar-refractivity contribution >= 4 is 5.91 Å². The van der Waals surface area contributed by atoms with Gasteiger partial charge in [0.15, 0.2) is 18.2 Å². The minimum Gasteiger partial charge on any atom is -0.396 e. The lowest BCUT2D eigenvalue weighted by Crippen LogP contribution is -2.69. The normalized spacial score (nSPS) is 42.2. The van der Waals surface area contributed by atoms with Gasteiger partial charge in [0.2, 0.25) is 0 Å². The summed E-state index contributed by atoms with van der Waals surface area (Å²) < 4.78 is 23.9. The number of nitrogens with two attached hydrogens (primary N) is 4. The third-order valence-electron chi connectivity index (χ3n) is 8.76. The van der Waals surface area contributed by atoms with Crippen molar-refractivity contribution in [1.29, 1.82) is 0 Å². The average Bonchev–Trinajstić information content (AvgIpc) is 2.94. The molecule has 2 aliphatic heterocycles. The van der Waals surface area contributed by atoms with Crippen molar-refractivity contribution in [1.82, 2.24) is 5.32 Å². The Kier molecular flexibility index (Phi) is 12.3. The first-order valence-electron chi connectivity index (χ1n) is 14.5. The maximum atomic E-state index is 12.9. The van der Waals surface area contributed by atoms with E-state index in [1.165, 1.54) is 6.92 Å². The molecule has 1 amide bonds. The van der Waals surface area contributed by atoms with E-state index in [4.69, 9.17) is 47.0 Å². The van der Waals surface area contributed by atoms with Gasteiger partial charge in [0.05, 0.1) is 30.4 Å². The fourth-order valence-electron chi connectivity index (χ4n) is 5.53. The van der Waals surface area contributed by atoms with E-state index < -0.39 is 91.2 Å². The largest absolute Gasteiger partial charge is 0.396 e. The second-order valence-corrected chi connectivity index (χ2v) is 12.0. The van der Waals surface area contributed by atoms with E-state index in [9.17, 15) is 25.2 Å². The molecule has 1 saturated carbocycles. The van der Waals surface area contributed by atoms with E-state index in [2.05, 4.69) is 5.32 Å². The third-order valence-corrected chi connectivity index (χ3v) is 8.76. The predicted octanol–water partition coefficient (Wildman–Crippen LogP) is -3.92. The molecule has 6 unspecified atom stereocenters. The van der Waals surface area contributed by atoms with Crippen LogP contribution >= 0.6 is 0 Å². The van der Waals surface area contributed by atoms with E-state index in [0.29, 0.717) is 12.8 Å². The molecule has 0 bridgehead atoms. The highest BCUT2D eigenvalue weighted by molar-refractivity contribution is 5.85. The molecule has 1 aliphatic carbocycles. The van der Waals surface area contributed by atoms with Gasteiger partial charge in [-0.25, -0.2) is 0 Å². The molecule has 0 aromatic rings. The van der Waals surface area contributed by atoms with Crippen molar-refractivity contribution in [2.45, 2.75) is 125 Å². The first kappa shape index (κ1) is 34.4. The minimum atomic E-state index is -2.06. The quantitative estimate of drug-likeness (QED) is 0.0969. The number of rotatable bonds is 12. The molecule has 15 heteroatoms. The summed E-state index contributed by atoms with van der Waals surface area (Å²) >= 11 is 0. The van der Waals surface area contributed by atoms with Crippen LogP contribution in [0.3, 0.4) is 0 Å². The summed E-state index contributed by atoms with van der Waals surface area (Å²) in [6.45, 7) is 2.24. The molecule has 15 nitrogen and oxygen atoms in total. The molecule has 240 valence electrons. The molecular formula is C26H51N5O10. The van der Waals surface area contributed by atoms with Crippen LogP contribution in [-0.2, 0) is 23.7 Å². The second-order valence-electron chi connectivity index (χ2n) is 12.0. The van der Waals surface area contributed by atoms with Crippen molar-refractivity contribution in [2.75, 3.05) is 26.3 Å². The summed E-state index contributed by atoms with van der Waals surface area (Å²) in [5.41, 5.74) is 20.5. The van der Waals surface area contributed by atoms with Crippen molar-refractivity contribution < 1.29 is 49.3 Å². The zero-order valence-electron chi connectivity index (χ0n) is 24.0. The van der Waals surface area contributed by atoms with Gasteiger partial charge in [0, 0.05) is 31.7 Å². The van der Waals surface area contributed by atoms with Crippen LogP contribution in [0.5, 0.6) is 0 Å². The lowest BCUT2D eigenvalue weighted by molar-refractivity contribution is -0.314. The Morgan fingerprint density at radius 1 is 1.05 bits per heavy atom. The maximum absolute atomic E-state index is 12.9. The van der Waals surface area contributed by atoms with Gasteiger partial charge in [-0.1, -0.05) is 6.92 Å². The molecular weight excluding hydrogens is 542 g/mol. The molecule has 3 rings (SSSR count). The smallest absolute Gasteiger partial charge is 0.254 e. The number of nitrogens with one attached hydrogen (secondary N) is 1. The van der Waals surface area contributed by atoms with E-state index in [0.717, 1.165) is 19.3 Å². The maximum Gasteiger partial charge on any atom is 0.254 e. The van der Waals surface area contributed by atoms with Gasteiger partial charge in [-0.15, -0.1) is 0 Å². The molecule has 2 saturated heterocycles. The Labute approximate surface area is 240 Å². The summed E-state index contributed by atoms with van der Waals surface area (Å²) in [7, 11) is 0. The number of ether oxygens (including phenoxy) is 4. The van der Waals surface area contributed by atoms with E-state index >= 15 is 0 Å². The molecule has 14 N–H and O–H groups in total. The Morgan fingerprint density at radius 3 is 2.34 bits per heavy atom. The van der Waals surface area contributed by atoms with E-state index in [1.807, 2.05) is 0 Å². The monoisotopic (exact) mass is 593 g/mol. The zero-order valence-corrected chi connectivity index (χ0v) is 24.0. The number of carbonyl (C=O) groups is 1. The van der Waals surface area contributed by atoms with Gasteiger partial charge in [-0.2, -0.15) is 0 Å². The summed E-state index contributed by atoms with van der Waals surface area (Å²) in [4.78, 5) is 12.9. The lowest BCUT2D eigenvalue weighted by Gasteiger charge is -2.49. The van der Waals surface area contributed by atoms with Crippen LogP contribution in [0, 0.1) is 5.92 Å². The van der Waals surface area contributed by atoms with Crippen LogP contribution in [0.1, 0.15) is 52.4 Å². The fraction of sp³-hybridized carbons (Fsp3) is 0.962. The highest BCUT2D eigenvalue weighted by atomic mass is 16.7. The van der Waals surface area contributed by atoms with Gasteiger partial charge in [-0.05, 0) is 45.4 Å². The van der Waals surface area contributed by atoms with Gasteiger partial charge in [-0.3, -0.25) is 4.79 Å². The van der Waals surface area contributed by atoms with Crippen molar-refractivity contribution in [3.05, 3.63) is 0 Å². The van der Waals surface area contributed by atoms with Gasteiger partial charge < -0.3 is 72.7 Å². The Bertz CT molecular complexity index is 836. The average molecular weight is 594 g/mol. The minimum absolute atomic E-state index is 0.0430. The van der Waals surface area contributed by atoms with E-state index in [1.54, 1.807) is 6.92 Å². The number of aliphatic hydroxyl groups excluding tert-OH is 3. The zero-order chi connectivity index (χ0) is 30.5. The Hall–Kier alpha value is -1.05. The van der Waals surface area contributed by atoms with Crippen LogP contribution in [0.4, 0.5) is 0 Å². The Balaban J connectivity index is 1.80. The molecule has 0 radical (unpaired) electrons. The predicted molar refractivity (Wildman–Crippen MR) is 146 cm³/mol. The number of unbranched alkanes of at least 4 members (excludes halogenated alkanes) is 1. The molecule has 12 atom stereocenters. The number of hydrogen-bond acceptors (Lipinski definition) is 14. The van der Waals surface area contributed by atoms with Crippen molar-refractivity contribution in [3.8, 4) is 0 Å². The molecule has 3 aliphatic rings. The molecule has 0 aromatic heterocycles. The Morgan fingerprint density at radius 2 is 1.71 bits per heavy atom. The summed E-state index contributed by atoms with van der Waals surface area (Å²) in [6, 6.07) is -2.25. The fourth-order valence-corrected chi connectivity index (χ4v) is 5.53. The van der Waals surface area contributed by atoms with Gasteiger partial charge in [0.1, 0.15) is 24.4 Å². The summed E-state index contributed by atoms with van der Waals surface area (Å²) in [6.07, 6.45) is -3.69. The summed E-state index contributed by atoms with van der Waals surface area (Å²) in [5, 5.41) is 55.1. The van der Waals surface area contributed by atoms with E-state index in [-0.39, 0.29) is 25.7 Å². The lowest BCUT2D eigenvalue weighted by atomic mass is 9.82. The second kappa shape index (κ2) is 14.6. The molecule has 3 fully saturated rings. The highest BCUT2D eigenvalue weighted by Crippen LogP contribution is 2.34. The molecule has 0 spiro atoms. The van der Waals surface area contributed by atoms with Crippen LogP contribution < -0.4 is 28.3 Å². The van der Waals surface area contributed by atoms with Gasteiger partial charge >= 0.3 is 0 Å². The van der Waals surface area contributed by atoms with Gasteiger partial charge in [0.25, 0.3) is 5.91 Å². The van der Waals surface area contributed by atoms with Crippen LogP contribution in [0.2, 0.25) is 0 Å². The number of carbonyl (C=O) groups excluding carboxylic acids is 1. The SMILES string of the molecule is C[C@@H]1C(O)[C@@H](OC2C(O)C(O[C@H]3O[C@H](CCCCO)CCC3N)[C@@H](N)C[C@H]2NC(=O)C(O)(CN)CN)OCC1(C)O. The van der Waals surface area contributed by atoms with Crippen molar-refractivity contribution in [3.63, 3.8) is 0 Å².